The lowest BCUT2D eigenvalue weighted by Gasteiger charge is -2.35. The number of quaternary nitrogens is 1. The highest BCUT2D eigenvalue weighted by molar-refractivity contribution is 7.86. The van der Waals surface area contributed by atoms with Crippen LogP contribution in [0, 0.1) is 0 Å². The van der Waals surface area contributed by atoms with Crippen molar-refractivity contribution in [1.82, 2.24) is 0 Å². The van der Waals surface area contributed by atoms with Crippen LogP contribution >= 0.6 is 0 Å². The second kappa shape index (κ2) is 10.0. The topological polar surface area (TPSA) is 66.4 Å². The molecular weight excluding hydrogens is 395 g/mol. The monoisotopic (exact) mass is 419 g/mol. The molecule has 28 heavy (non-hydrogen) atoms. The molecule has 0 heterocycles. The van der Waals surface area contributed by atoms with Crippen molar-refractivity contribution in [2.45, 2.75) is 38.5 Å². The normalized spacial score (nSPS) is 14.1. The molecule has 2 aromatic rings. The van der Waals surface area contributed by atoms with Gasteiger partial charge in [-0.3, -0.25) is 0 Å². The van der Waals surface area contributed by atoms with Crippen molar-refractivity contribution in [1.29, 1.82) is 0 Å². The van der Waals surface area contributed by atoms with Crippen LogP contribution in [-0.4, -0.2) is 36.2 Å². The number of rotatable bonds is 6. The van der Waals surface area contributed by atoms with E-state index < -0.39 is 15.6 Å². The molecule has 5 nitrogen and oxygen atoms in total. The predicted molar refractivity (Wildman–Crippen MR) is 98.4 cm³/mol. The van der Waals surface area contributed by atoms with Gasteiger partial charge < -0.3 is 4.55 Å². The fraction of sp³-hybridized carbons (Fsp3) is 0.368. The number of hydrogen-bond acceptors (Lipinski definition) is 4. The van der Waals surface area contributed by atoms with E-state index in [0.717, 1.165) is 6.54 Å². The Hall–Kier alpha value is -1.94. The smallest absolute Gasteiger partial charge is 0.485 e. The number of benzene rings is 2. The average Bonchev–Trinajstić information content (AvgIpc) is 2.60. The van der Waals surface area contributed by atoms with Crippen LogP contribution in [0.15, 0.2) is 60.7 Å². The Balaban J connectivity index is 0.000000416. The minimum Gasteiger partial charge on any atom is -0.741 e. The average molecular weight is 419 g/mol. The molecule has 0 N–H and O–H groups in total. The van der Waals surface area contributed by atoms with Gasteiger partial charge in [0.15, 0.2) is 10.1 Å². The largest absolute Gasteiger partial charge is 0.741 e. The van der Waals surface area contributed by atoms with E-state index >= 15 is 0 Å². The number of nitrogens with zero attached hydrogens (tertiary/aromatic N) is 1. The third-order valence-corrected chi connectivity index (χ3v) is 4.65. The molecule has 0 aromatic heterocycles. The lowest BCUT2D eigenvalue weighted by molar-refractivity contribution is -1.12. The second-order valence-electron chi connectivity index (χ2n) is 6.57. The predicted octanol–water partition coefficient (Wildman–Crippen LogP) is 4.22. The zero-order valence-corrected chi connectivity index (χ0v) is 16.7. The van der Waals surface area contributed by atoms with Crippen molar-refractivity contribution < 1.29 is 35.6 Å². The van der Waals surface area contributed by atoms with Crippen LogP contribution in [-0.2, 0) is 28.1 Å². The number of halogens is 3. The molecule has 0 aliphatic rings. The molecule has 0 aliphatic carbocycles. The Morgan fingerprint density at radius 3 is 1.71 bits per heavy atom. The van der Waals surface area contributed by atoms with Crippen molar-refractivity contribution in [3.63, 3.8) is 0 Å². The number of alkyl halides is 3. The van der Waals surface area contributed by atoms with Crippen LogP contribution in [0.4, 0.5) is 13.2 Å². The van der Waals surface area contributed by atoms with Crippen LogP contribution in [0.3, 0.4) is 0 Å². The first-order valence-electron chi connectivity index (χ1n) is 8.45. The molecule has 0 fully saturated rings. The van der Waals surface area contributed by atoms with E-state index in [1.807, 2.05) is 12.1 Å². The van der Waals surface area contributed by atoms with Crippen molar-refractivity contribution in [2.75, 3.05) is 7.05 Å². The minimum absolute atomic E-state index is 0.402. The van der Waals surface area contributed by atoms with Gasteiger partial charge in [0.05, 0.1) is 7.05 Å². The first kappa shape index (κ1) is 24.1. The van der Waals surface area contributed by atoms with E-state index in [0.29, 0.717) is 17.3 Å². The maximum atomic E-state index is 10.7. The molecular formula is C19H24F3NO4S. The van der Waals surface area contributed by atoms with E-state index in [4.69, 9.17) is 17.8 Å². The molecule has 1 unspecified atom stereocenters. The highest BCUT2D eigenvalue weighted by Crippen LogP contribution is 2.20. The molecule has 0 aliphatic heterocycles. The van der Waals surface area contributed by atoms with Gasteiger partial charge in [-0.1, -0.05) is 60.7 Å². The summed E-state index contributed by atoms with van der Waals surface area (Å²) in [6.07, 6.45) is 0. The summed E-state index contributed by atoms with van der Waals surface area (Å²) in [5.41, 5.74) is -3.13. The summed E-state index contributed by atoms with van der Waals surface area (Å²) >= 11 is 0. The van der Waals surface area contributed by atoms with Gasteiger partial charge in [-0.15, -0.1) is 0 Å². The van der Waals surface area contributed by atoms with E-state index in [1.165, 1.54) is 11.1 Å². The van der Waals surface area contributed by atoms with Gasteiger partial charge in [-0.05, 0) is 19.4 Å². The van der Waals surface area contributed by atoms with Crippen molar-refractivity contribution >= 4 is 10.1 Å². The van der Waals surface area contributed by atoms with Gasteiger partial charge in [0.25, 0.3) is 0 Å². The van der Waals surface area contributed by atoms with Crippen LogP contribution < -0.4 is 0 Å². The zero-order valence-electron chi connectivity index (χ0n) is 15.9. The molecule has 1 atom stereocenters. The molecule has 2 rings (SSSR count). The third-order valence-electron chi connectivity index (χ3n) is 4.08. The van der Waals surface area contributed by atoms with E-state index in [9.17, 15) is 13.2 Å². The Morgan fingerprint density at radius 1 is 0.964 bits per heavy atom. The molecule has 9 heteroatoms. The standard InChI is InChI=1S/C18H24NO.CHF3O3S/c1-16(2)19(3,14-17-10-6-4-7-11-17)20-15-18-12-8-5-9-13-18;2-1(3,4)8(5,6)7/h4-13,16H,14-15H2,1-3H3;(H,5,6,7)/q+1;/p-1. The van der Waals surface area contributed by atoms with Gasteiger partial charge in [0.2, 0.25) is 0 Å². The Morgan fingerprint density at radius 2 is 1.36 bits per heavy atom. The molecule has 0 spiro atoms. The van der Waals surface area contributed by atoms with E-state index in [2.05, 4.69) is 69.4 Å². The van der Waals surface area contributed by atoms with Crippen molar-refractivity contribution in [3.8, 4) is 0 Å². The SMILES string of the molecule is CC(C)[N+](C)(Cc1ccccc1)OCc1ccccc1.O=S(=O)([O-])C(F)(F)F. The summed E-state index contributed by atoms with van der Waals surface area (Å²) in [5.74, 6) is 0. The summed E-state index contributed by atoms with van der Waals surface area (Å²) in [6.45, 7) is 5.93. The van der Waals surface area contributed by atoms with Gasteiger partial charge in [-0.2, -0.15) is 22.7 Å². The quantitative estimate of drug-likeness (QED) is 0.304. The van der Waals surface area contributed by atoms with E-state index in [1.54, 1.807) is 0 Å². The molecule has 0 saturated carbocycles. The molecule has 0 saturated heterocycles. The van der Waals surface area contributed by atoms with Gasteiger partial charge >= 0.3 is 5.51 Å². The Labute approximate surface area is 163 Å². The van der Waals surface area contributed by atoms with Gasteiger partial charge in [-0.25, -0.2) is 8.42 Å². The highest BCUT2D eigenvalue weighted by Gasteiger charge is 2.37. The van der Waals surface area contributed by atoms with Gasteiger partial charge in [0.1, 0.15) is 19.2 Å². The third kappa shape index (κ3) is 7.97. The van der Waals surface area contributed by atoms with Crippen LogP contribution in [0.25, 0.3) is 0 Å². The lowest BCUT2D eigenvalue weighted by atomic mass is 10.2. The summed E-state index contributed by atoms with van der Waals surface area (Å²) in [5, 5.41) is 0. The van der Waals surface area contributed by atoms with Crippen LogP contribution in [0.1, 0.15) is 25.0 Å². The van der Waals surface area contributed by atoms with E-state index in [-0.39, 0.29) is 0 Å². The highest BCUT2D eigenvalue weighted by atomic mass is 32.2. The summed E-state index contributed by atoms with van der Waals surface area (Å²) in [6, 6.07) is 21.3. The van der Waals surface area contributed by atoms with Crippen LogP contribution in [0.2, 0.25) is 0 Å². The minimum atomic E-state index is -6.09. The molecule has 2 aromatic carbocycles. The maximum absolute atomic E-state index is 10.7. The lowest BCUT2D eigenvalue weighted by Crippen LogP contribution is -2.48. The Bertz CT molecular complexity index is 812. The first-order valence-corrected chi connectivity index (χ1v) is 9.86. The molecule has 0 amide bonds. The van der Waals surface area contributed by atoms with Crippen LogP contribution in [0.5, 0.6) is 0 Å². The Kier molecular flexibility index (Phi) is 8.62. The number of hydrogen-bond donors (Lipinski definition) is 0. The first-order chi connectivity index (χ1) is 12.8. The second-order valence-corrected chi connectivity index (χ2v) is 7.94. The zero-order chi connectivity index (χ0) is 21.4. The molecule has 0 bridgehead atoms. The van der Waals surface area contributed by atoms with Crippen molar-refractivity contribution in [3.05, 3.63) is 71.8 Å². The number of hydroxylamine groups is 3. The summed E-state index contributed by atoms with van der Waals surface area (Å²) in [7, 11) is -3.94. The fourth-order valence-corrected chi connectivity index (χ4v) is 2.12. The van der Waals surface area contributed by atoms with Gasteiger partial charge in [0, 0.05) is 5.56 Å². The maximum Gasteiger partial charge on any atom is 0.485 e. The molecule has 0 radical (unpaired) electrons. The fourth-order valence-electron chi connectivity index (χ4n) is 2.12. The summed E-state index contributed by atoms with van der Waals surface area (Å²) < 4.78 is 59.5. The van der Waals surface area contributed by atoms with Crippen molar-refractivity contribution in [2.24, 2.45) is 0 Å². The molecule has 156 valence electrons. The summed E-state index contributed by atoms with van der Waals surface area (Å²) in [4.78, 5) is 6.22.